The number of rotatable bonds is 9. The van der Waals surface area contributed by atoms with Crippen LogP contribution in [0.3, 0.4) is 0 Å². The Morgan fingerprint density at radius 1 is 1.07 bits per heavy atom. The van der Waals surface area contributed by atoms with Gasteiger partial charge in [0.15, 0.2) is 0 Å². The summed E-state index contributed by atoms with van der Waals surface area (Å²) in [6, 6.07) is 13.8. The number of sulfonamides is 1. The van der Waals surface area contributed by atoms with Gasteiger partial charge in [0.2, 0.25) is 15.9 Å². The van der Waals surface area contributed by atoms with Crippen molar-refractivity contribution in [1.29, 1.82) is 0 Å². The highest BCUT2D eigenvalue weighted by atomic mass is 32.2. The molecule has 29 heavy (non-hydrogen) atoms. The number of carbonyl (C=O) groups is 2. The van der Waals surface area contributed by atoms with Crippen LogP contribution in [0, 0.1) is 6.92 Å². The van der Waals surface area contributed by atoms with Crippen molar-refractivity contribution in [3.8, 4) is 0 Å². The lowest BCUT2D eigenvalue weighted by Crippen LogP contribution is -2.31. The molecule has 0 aliphatic rings. The zero-order valence-corrected chi connectivity index (χ0v) is 17.7. The average molecular weight is 419 g/mol. The summed E-state index contributed by atoms with van der Waals surface area (Å²) in [5.41, 5.74) is 2.12. The first kappa shape index (κ1) is 22.4. The molecule has 0 fully saturated rings. The SMILES string of the molecule is CCOC(=O)c1cccc(NC(=O)CCCN(c2ccccc2)S(C)(=O)=O)c1C. The number of hydrogen-bond acceptors (Lipinski definition) is 5. The molecule has 8 heteroatoms. The predicted octanol–water partition coefficient (Wildman–Crippen LogP) is 3.36. The topological polar surface area (TPSA) is 92.8 Å². The Hall–Kier alpha value is -2.87. The fourth-order valence-electron chi connectivity index (χ4n) is 2.88. The third kappa shape index (κ3) is 6.32. The van der Waals surface area contributed by atoms with Crippen molar-refractivity contribution in [3.63, 3.8) is 0 Å². The van der Waals surface area contributed by atoms with Gasteiger partial charge in [0, 0.05) is 18.7 Å². The van der Waals surface area contributed by atoms with Gasteiger partial charge in [-0.2, -0.15) is 0 Å². The van der Waals surface area contributed by atoms with Gasteiger partial charge in [-0.25, -0.2) is 13.2 Å². The summed E-state index contributed by atoms with van der Waals surface area (Å²) in [6.07, 6.45) is 1.64. The van der Waals surface area contributed by atoms with Gasteiger partial charge in [0.05, 0.1) is 24.1 Å². The van der Waals surface area contributed by atoms with E-state index in [-0.39, 0.29) is 25.5 Å². The maximum absolute atomic E-state index is 12.3. The zero-order valence-electron chi connectivity index (χ0n) is 16.8. The smallest absolute Gasteiger partial charge is 0.338 e. The van der Waals surface area contributed by atoms with Gasteiger partial charge in [0.25, 0.3) is 0 Å². The predicted molar refractivity (Wildman–Crippen MR) is 114 cm³/mol. The Kier molecular flexibility index (Phi) is 7.78. The minimum atomic E-state index is -3.45. The van der Waals surface area contributed by atoms with Gasteiger partial charge in [-0.15, -0.1) is 0 Å². The van der Waals surface area contributed by atoms with Crippen molar-refractivity contribution < 1.29 is 22.7 Å². The standard InChI is InChI=1S/C21H26N2O5S/c1-4-28-21(25)18-12-8-13-19(16(18)2)22-20(24)14-9-15-23(29(3,26)27)17-10-6-5-7-11-17/h5-8,10-13H,4,9,14-15H2,1-3H3,(H,22,24). The van der Waals surface area contributed by atoms with Crippen LogP contribution in [0.2, 0.25) is 0 Å². The van der Waals surface area contributed by atoms with Crippen LogP contribution in [-0.4, -0.2) is 39.7 Å². The Bertz CT molecular complexity index is 958. The third-order valence-corrected chi connectivity index (χ3v) is 5.51. The molecular weight excluding hydrogens is 392 g/mol. The van der Waals surface area contributed by atoms with E-state index in [2.05, 4.69) is 5.32 Å². The molecular formula is C21H26N2O5S. The number of benzene rings is 2. The van der Waals surface area contributed by atoms with E-state index >= 15 is 0 Å². The summed E-state index contributed by atoms with van der Waals surface area (Å²) in [7, 11) is -3.45. The van der Waals surface area contributed by atoms with Crippen LogP contribution in [-0.2, 0) is 19.6 Å². The van der Waals surface area contributed by atoms with E-state index in [1.54, 1.807) is 56.3 Å². The molecule has 0 atom stereocenters. The summed E-state index contributed by atoms with van der Waals surface area (Å²) < 4.78 is 30.5. The van der Waals surface area contributed by atoms with E-state index < -0.39 is 16.0 Å². The molecule has 2 aromatic rings. The second kappa shape index (κ2) is 10.1. The number of esters is 1. The number of ether oxygens (including phenoxy) is 1. The maximum Gasteiger partial charge on any atom is 0.338 e. The van der Waals surface area contributed by atoms with Gasteiger partial charge >= 0.3 is 5.97 Å². The van der Waals surface area contributed by atoms with Gasteiger partial charge in [0.1, 0.15) is 0 Å². The second-order valence-electron chi connectivity index (χ2n) is 6.52. The van der Waals surface area contributed by atoms with Crippen LogP contribution in [0.1, 0.15) is 35.7 Å². The third-order valence-electron chi connectivity index (χ3n) is 4.31. The summed E-state index contributed by atoms with van der Waals surface area (Å²) in [4.78, 5) is 24.3. The molecule has 0 saturated heterocycles. The Morgan fingerprint density at radius 2 is 1.76 bits per heavy atom. The van der Waals surface area contributed by atoms with Gasteiger partial charge in [-0.1, -0.05) is 24.3 Å². The second-order valence-corrected chi connectivity index (χ2v) is 8.43. The van der Waals surface area contributed by atoms with Crippen LogP contribution in [0.4, 0.5) is 11.4 Å². The Morgan fingerprint density at radius 3 is 2.38 bits per heavy atom. The van der Waals surface area contributed by atoms with Crippen LogP contribution >= 0.6 is 0 Å². The molecule has 0 aliphatic carbocycles. The highest BCUT2D eigenvalue weighted by Crippen LogP contribution is 2.21. The number of carbonyl (C=O) groups excluding carboxylic acids is 2. The zero-order chi connectivity index (χ0) is 21.4. The van der Waals surface area contributed by atoms with E-state index in [1.165, 1.54) is 4.31 Å². The summed E-state index contributed by atoms with van der Waals surface area (Å²) in [5, 5.41) is 2.79. The number of nitrogens with zero attached hydrogens (tertiary/aromatic N) is 1. The Labute approximate surface area is 171 Å². The molecule has 0 unspecified atom stereocenters. The lowest BCUT2D eigenvalue weighted by molar-refractivity contribution is -0.116. The number of amides is 1. The van der Waals surface area contributed by atoms with Crippen molar-refractivity contribution in [2.75, 3.05) is 29.0 Å². The van der Waals surface area contributed by atoms with E-state index in [0.717, 1.165) is 6.26 Å². The van der Waals surface area contributed by atoms with Crippen molar-refractivity contribution in [2.45, 2.75) is 26.7 Å². The van der Waals surface area contributed by atoms with Crippen LogP contribution in [0.5, 0.6) is 0 Å². The van der Waals surface area contributed by atoms with Crippen molar-refractivity contribution in [2.24, 2.45) is 0 Å². The lowest BCUT2D eigenvalue weighted by Gasteiger charge is -2.22. The molecule has 1 amide bonds. The van der Waals surface area contributed by atoms with Crippen molar-refractivity contribution in [3.05, 3.63) is 59.7 Å². The highest BCUT2D eigenvalue weighted by molar-refractivity contribution is 7.92. The number of hydrogen-bond donors (Lipinski definition) is 1. The molecule has 2 rings (SSSR count). The fraction of sp³-hybridized carbons (Fsp3) is 0.333. The Balaban J connectivity index is 1.99. The molecule has 0 aliphatic heterocycles. The summed E-state index contributed by atoms with van der Waals surface area (Å²) >= 11 is 0. The molecule has 0 bridgehead atoms. The molecule has 1 N–H and O–H groups in total. The first-order valence-electron chi connectivity index (χ1n) is 9.33. The van der Waals surface area contributed by atoms with E-state index in [9.17, 15) is 18.0 Å². The summed E-state index contributed by atoms with van der Waals surface area (Å²) in [6.45, 7) is 3.93. The molecule has 2 aromatic carbocycles. The van der Waals surface area contributed by atoms with Crippen LogP contribution in [0.25, 0.3) is 0 Å². The first-order chi connectivity index (χ1) is 13.7. The fourth-order valence-corrected chi connectivity index (χ4v) is 3.84. The molecule has 156 valence electrons. The molecule has 0 saturated carbocycles. The van der Waals surface area contributed by atoms with Gasteiger partial charge < -0.3 is 10.1 Å². The van der Waals surface area contributed by atoms with E-state index in [4.69, 9.17) is 4.74 Å². The van der Waals surface area contributed by atoms with Gasteiger partial charge in [-0.05, 0) is 50.1 Å². The number of nitrogens with one attached hydrogen (secondary N) is 1. The average Bonchev–Trinajstić information content (AvgIpc) is 2.66. The monoisotopic (exact) mass is 418 g/mol. The maximum atomic E-state index is 12.3. The molecule has 0 spiro atoms. The quantitative estimate of drug-likeness (QED) is 0.631. The van der Waals surface area contributed by atoms with Gasteiger partial charge in [-0.3, -0.25) is 9.10 Å². The molecule has 7 nitrogen and oxygen atoms in total. The number of anilines is 2. The van der Waals surface area contributed by atoms with Crippen molar-refractivity contribution in [1.82, 2.24) is 0 Å². The molecule has 0 aromatic heterocycles. The molecule has 0 heterocycles. The minimum absolute atomic E-state index is 0.141. The van der Waals surface area contributed by atoms with Crippen molar-refractivity contribution >= 4 is 33.3 Å². The highest BCUT2D eigenvalue weighted by Gasteiger charge is 2.18. The minimum Gasteiger partial charge on any atom is -0.462 e. The van der Waals surface area contributed by atoms with E-state index in [1.807, 2.05) is 6.07 Å². The number of para-hydroxylation sites is 1. The summed E-state index contributed by atoms with van der Waals surface area (Å²) in [5.74, 6) is -0.691. The van der Waals surface area contributed by atoms with E-state index in [0.29, 0.717) is 28.9 Å². The van der Waals surface area contributed by atoms with Crippen LogP contribution in [0.15, 0.2) is 48.5 Å². The first-order valence-corrected chi connectivity index (χ1v) is 11.2. The largest absolute Gasteiger partial charge is 0.462 e. The molecule has 0 radical (unpaired) electrons. The lowest BCUT2D eigenvalue weighted by atomic mass is 10.1. The van der Waals surface area contributed by atoms with Crippen LogP contribution < -0.4 is 9.62 Å². The normalized spacial score (nSPS) is 11.0.